The first-order valence-corrected chi connectivity index (χ1v) is 6.12. The van der Waals surface area contributed by atoms with Crippen LogP contribution >= 0.6 is 0 Å². The fourth-order valence-electron chi connectivity index (χ4n) is 1.80. The van der Waals surface area contributed by atoms with Gasteiger partial charge in [0, 0.05) is 18.1 Å². The van der Waals surface area contributed by atoms with Gasteiger partial charge in [0.25, 0.3) is 0 Å². The van der Waals surface area contributed by atoms with Gasteiger partial charge in [-0.05, 0) is 33.4 Å². The molecule has 0 aromatic heterocycles. The second-order valence-corrected chi connectivity index (χ2v) is 4.71. The Kier molecular flexibility index (Phi) is 8.02. The zero-order valence-electron chi connectivity index (χ0n) is 11.0. The van der Waals surface area contributed by atoms with Crippen molar-refractivity contribution in [2.45, 2.75) is 59.2 Å². The van der Waals surface area contributed by atoms with Crippen LogP contribution < -0.4 is 5.32 Å². The topological polar surface area (TPSA) is 35.5 Å². The van der Waals surface area contributed by atoms with Crippen molar-refractivity contribution < 1.29 is 5.11 Å². The van der Waals surface area contributed by atoms with Crippen LogP contribution in [0.5, 0.6) is 0 Å². The first kappa shape index (κ1) is 14.9. The predicted molar refractivity (Wildman–Crippen MR) is 66.1 cm³/mol. The number of nitrogens with one attached hydrogen (secondary N) is 1. The van der Waals surface area contributed by atoms with Crippen LogP contribution in [0, 0.1) is 0 Å². The maximum atomic E-state index is 9.22. The molecule has 1 atom stereocenters. The van der Waals surface area contributed by atoms with E-state index in [-0.39, 0.29) is 12.6 Å². The van der Waals surface area contributed by atoms with Crippen LogP contribution in [0.25, 0.3) is 0 Å². The Hall–Kier alpha value is -0.120. The Morgan fingerprint density at radius 2 is 1.80 bits per heavy atom. The average Bonchev–Trinajstić information content (AvgIpc) is 2.15. The van der Waals surface area contributed by atoms with Crippen molar-refractivity contribution >= 4 is 0 Å². The third-order valence-electron chi connectivity index (χ3n) is 2.69. The number of aliphatic hydroxyl groups is 1. The molecule has 0 aromatic rings. The van der Waals surface area contributed by atoms with E-state index in [0.29, 0.717) is 12.1 Å². The third kappa shape index (κ3) is 6.88. The van der Waals surface area contributed by atoms with Crippen LogP contribution in [0.3, 0.4) is 0 Å². The molecule has 0 radical (unpaired) electrons. The summed E-state index contributed by atoms with van der Waals surface area (Å²) in [5.74, 6) is 0. The SMILES string of the molecule is CCN(CCC(CO)NC(C)C)C(C)C. The van der Waals surface area contributed by atoms with E-state index in [4.69, 9.17) is 0 Å². The van der Waals surface area contributed by atoms with E-state index in [1.54, 1.807) is 0 Å². The van der Waals surface area contributed by atoms with Gasteiger partial charge in [-0.1, -0.05) is 20.8 Å². The van der Waals surface area contributed by atoms with Crippen molar-refractivity contribution in [2.24, 2.45) is 0 Å². The van der Waals surface area contributed by atoms with Gasteiger partial charge in [-0.3, -0.25) is 0 Å². The van der Waals surface area contributed by atoms with Gasteiger partial charge in [0.15, 0.2) is 0 Å². The maximum Gasteiger partial charge on any atom is 0.0585 e. The lowest BCUT2D eigenvalue weighted by molar-refractivity contribution is 0.184. The lowest BCUT2D eigenvalue weighted by Gasteiger charge is -2.27. The molecule has 0 amide bonds. The summed E-state index contributed by atoms with van der Waals surface area (Å²) >= 11 is 0. The van der Waals surface area contributed by atoms with Crippen molar-refractivity contribution in [1.82, 2.24) is 10.2 Å². The standard InChI is InChI=1S/C12H28N2O/c1-6-14(11(4)5)8-7-12(9-15)13-10(2)3/h10-13,15H,6-9H2,1-5H3. The summed E-state index contributed by atoms with van der Waals surface area (Å²) in [4.78, 5) is 2.42. The van der Waals surface area contributed by atoms with Gasteiger partial charge in [0.2, 0.25) is 0 Å². The van der Waals surface area contributed by atoms with Gasteiger partial charge >= 0.3 is 0 Å². The summed E-state index contributed by atoms with van der Waals surface area (Å²) < 4.78 is 0. The van der Waals surface area contributed by atoms with Crippen molar-refractivity contribution in [3.8, 4) is 0 Å². The Bertz CT molecular complexity index is 149. The molecule has 0 bridgehead atoms. The first-order valence-electron chi connectivity index (χ1n) is 6.12. The average molecular weight is 216 g/mol. The zero-order chi connectivity index (χ0) is 11.8. The van der Waals surface area contributed by atoms with Crippen LogP contribution in [-0.2, 0) is 0 Å². The van der Waals surface area contributed by atoms with E-state index in [1.807, 2.05) is 0 Å². The lowest BCUT2D eigenvalue weighted by atomic mass is 10.1. The number of hydrogen-bond donors (Lipinski definition) is 2. The van der Waals surface area contributed by atoms with Crippen molar-refractivity contribution in [2.75, 3.05) is 19.7 Å². The van der Waals surface area contributed by atoms with E-state index in [9.17, 15) is 5.11 Å². The van der Waals surface area contributed by atoms with Gasteiger partial charge in [-0.15, -0.1) is 0 Å². The molecule has 3 heteroatoms. The van der Waals surface area contributed by atoms with Gasteiger partial charge in [-0.25, -0.2) is 0 Å². The molecule has 0 spiro atoms. The second-order valence-electron chi connectivity index (χ2n) is 4.71. The Morgan fingerprint density at radius 3 is 2.13 bits per heavy atom. The van der Waals surface area contributed by atoms with Crippen molar-refractivity contribution in [3.05, 3.63) is 0 Å². The molecule has 0 aliphatic carbocycles. The molecule has 92 valence electrons. The molecular formula is C12H28N2O. The number of nitrogens with zero attached hydrogens (tertiary/aromatic N) is 1. The number of hydrogen-bond acceptors (Lipinski definition) is 3. The van der Waals surface area contributed by atoms with Crippen molar-refractivity contribution in [1.29, 1.82) is 0 Å². The second kappa shape index (κ2) is 8.08. The highest BCUT2D eigenvalue weighted by molar-refractivity contribution is 4.71. The molecule has 0 rings (SSSR count). The van der Waals surface area contributed by atoms with Crippen LogP contribution in [0.15, 0.2) is 0 Å². The van der Waals surface area contributed by atoms with E-state index in [1.165, 1.54) is 0 Å². The molecule has 0 aliphatic heterocycles. The summed E-state index contributed by atoms with van der Waals surface area (Å²) in [5.41, 5.74) is 0. The van der Waals surface area contributed by atoms with Crippen molar-refractivity contribution in [3.63, 3.8) is 0 Å². The Balaban J connectivity index is 3.87. The Morgan fingerprint density at radius 1 is 1.20 bits per heavy atom. The van der Waals surface area contributed by atoms with E-state index in [0.717, 1.165) is 19.5 Å². The quantitative estimate of drug-likeness (QED) is 0.645. The fourth-order valence-corrected chi connectivity index (χ4v) is 1.80. The van der Waals surface area contributed by atoms with E-state index in [2.05, 4.69) is 44.8 Å². The van der Waals surface area contributed by atoms with Crippen LogP contribution in [-0.4, -0.2) is 47.8 Å². The van der Waals surface area contributed by atoms with Gasteiger partial charge in [0.05, 0.1) is 6.61 Å². The lowest BCUT2D eigenvalue weighted by Crippen LogP contribution is -2.41. The minimum absolute atomic E-state index is 0.230. The molecule has 1 unspecified atom stereocenters. The van der Waals surface area contributed by atoms with E-state index >= 15 is 0 Å². The Labute approximate surface area is 94.9 Å². The van der Waals surface area contributed by atoms with E-state index < -0.39 is 0 Å². The van der Waals surface area contributed by atoms with Crippen LogP contribution in [0.2, 0.25) is 0 Å². The maximum absolute atomic E-state index is 9.22. The predicted octanol–water partition coefficient (Wildman–Crippen LogP) is 1.47. The molecule has 3 nitrogen and oxygen atoms in total. The zero-order valence-corrected chi connectivity index (χ0v) is 11.0. The molecular weight excluding hydrogens is 188 g/mol. The normalized spacial score (nSPS) is 14.2. The summed E-state index contributed by atoms with van der Waals surface area (Å²) in [6, 6.07) is 1.27. The molecule has 0 saturated heterocycles. The van der Waals surface area contributed by atoms with Crippen LogP contribution in [0.1, 0.15) is 41.0 Å². The smallest absolute Gasteiger partial charge is 0.0585 e. The summed E-state index contributed by atoms with van der Waals surface area (Å²) in [5, 5.41) is 12.6. The summed E-state index contributed by atoms with van der Waals surface area (Å²) in [6.07, 6.45) is 1.01. The first-order chi connectivity index (χ1) is 7.01. The molecule has 0 heterocycles. The fraction of sp³-hybridized carbons (Fsp3) is 1.00. The largest absolute Gasteiger partial charge is 0.395 e. The van der Waals surface area contributed by atoms with Gasteiger partial charge < -0.3 is 15.3 Å². The minimum Gasteiger partial charge on any atom is -0.395 e. The monoisotopic (exact) mass is 216 g/mol. The summed E-state index contributed by atoms with van der Waals surface area (Å²) in [6.45, 7) is 13.2. The highest BCUT2D eigenvalue weighted by Crippen LogP contribution is 2.02. The van der Waals surface area contributed by atoms with Gasteiger partial charge in [-0.2, -0.15) is 0 Å². The summed E-state index contributed by atoms with van der Waals surface area (Å²) in [7, 11) is 0. The minimum atomic E-state index is 0.230. The highest BCUT2D eigenvalue weighted by Gasteiger charge is 2.12. The molecule has 2 N–H and O–H groups in total. The molecule has 0 aromatic carbocycles. The van der Waals surface area contributed by atoms with Crippen LogP contribution in [0.4, 0.5) is 0 Å². The number of rotatable bonds is 8. The molecule has 0 fully saturated rings. The van der Waals surface area contributed by atoms with Gasteiger partial charge in [0.1, 0.15) is 0 Å². The number of aliphatic hydroxyl groups excluding tert-OH is 1. The third-order valence-corrected chi connectivity index (χ3v) is 2.69. The molecule has 15 heavy (non-hydrogen) atoms. The highest BCUT2D eigenvalue weighted by atomic mass is 16.3. The molecule has 0 aliphatic rings. The molecule has 0 saturated carbocycles.